The van der Waals surface area contributed by atoms with Gasteiger partial charge in [-0.15, -0.1) is 6.42 Å². The standard InChI is InChI=1S/C26H37N3O4/c1-7-9-17-27-23(30)22(20-15-13-19(8-2)14-16-20)29(21-11-10-12-21)24(31)18(3)28-25(32)33-26(4,5)6/h2,13-16,18,21-22H,7,9-12,17H2,1,3-6H3,(H,27,30)(H,28,32). The number of benzene rings is 1. The van der Waals surface area contributed by atoms with E-state index in [0.717, 1.165) is 32.1 Å². The number of carbonyl (C=O) groups excluding carboxylic acids is 3. The molecular weight excluding hydrogens is 418 g/mol. The monoisotopic (exact) mass is 455 g/mol. The van der Waals surface area contributed by atoms with Gasteiger partial charge in [-0.05, 0) is 71.1 Å². The first kappa shape index (κ1) is 26.2. The van der Waals surface area contributed by atoms with Crippen molar-refractivity contribution in [3.63, 3.8) is 0 Å². The van der Waals surface area contributed by atoms with Gasteiger partial charge in [0.05, 0.1) is 0 Å². The van der Waals surface area contributed by atoms with E-state index >= 15 is 0 Å². The second-order valence-electron chi connectivity index (χ2n) is 9.51. The third-order valence-electron chi connectivity index (χ3n) is 5.58. The average Bonchev–Trinajstić information content (AvgIpc) is 2.70. The molecule has 0 bridgehead atoms. The fourth-order valence-electron chi connectivity index (χ4n) is 3.64. The topological polar surface area (TPSA) is 87.7 Å². The van der Waals surface area contributed by atoms with Crippen molar-refractivity contribution in [1.29, 1.82) is 0 Å². The van der Waals surface area contributed by atoms with Crippen LogP contribution >= 0.6 is 0 Å². The Morgan fingerprint density at radius 2 is 1.85 bits per heavy atom. The minimum Gasteiger partial charge on any atom is -0.444 e. The number of amides is 3. The van der Waals surface area contributed by atoms with Gasteiger partial charge in [0.15, 0.2) is 0 Å². The maximum absolute atomic E-state index is 13.6. The number of rotatable bonds is 9. The fraction of sp³-hybridized carbons (Fsp3) is 0.577. The molecule has 2 N–H and O–H groups in total. The summed E-state index contributed by atoms with van der Waals surface area (Å²) in [6, 6.07) is 5.40. The second kappa shape index (κ2) is 11.7. The molecule has 2 rings (SSSR count). The van der Waals surface area contributed by atoms with Crippen molar-refractivity contribution in [3.05, 3.63) is 35.4 Å². The van der Waals surface area contributed by atoms with Crippen LogP contribution in [0.25, 0.3) is 0 Å². The van der Waals surface area contributed by atoms with E-state index in [1.54, 1.807) is 56.9 Å². The van der Waals surface area contributed by atoms with Crippen LogP contribution in [0.3, 0.4) is 0 Å². The lowest BCUT2D eigenvalue weighted by Gasteiger charge is -2.43. The van der Waals surface area contributed by atoms with Gasteiger partial charge in [0, 0.05) is 18.2 Å². The number of hydrogen-bond donors (Lipinski definition) is 2. The summed E-state index contributed by atoms with van der Waals surface area (Å²) in [4.78, 5) is 40.8. The zero-order valence-electron chi connectivity index (χ0n) is 20.4. The SMILES string of the molecule is C#Cc1ccc(C(C(=O)NCCCC)N(C(=O)C(C)NC(=O)OC(C)(C)C)C2CCC2)cc1. The van der Waals surface area contributed by atoms with Gasteiger partial charge in [-0.3, -0.25) is 9.59 Å². The first-order valence-electron chi connectivity index (χ1n) is 11.7. The average molecular weight is 456 g/mol. The van der Waals surface area contributed by atoms with Crippen LogP contribution in [0.4, 0.5) is 4.79 Å². The van der Waals surface area contributed by atoms with Crippen molar-refractivity contribution in [3.8, 4) is 12.3 Å². The molecule has 33 heavy (non-hydrogen) atoms. The summed E-state index contributed by atoms with van der Waals surface area (Å²) in [6.45, 7) is 9.48. The number of ether oxygens (including phenoxy) is 1. The number of nitrogens with zero attached hydrogens (tertiary/aromatic N) is 1. The summed E-state index contributed by atoms with van der Waals surface area (Å²) in [5, 5.41) is 5.60. The fourth-order valence-corrected chi connectivity index (χ4v) is 3.64. The van der Waals surface area contributed by atoms with Crippen molar-refractivity contribution < 1.29 is 19.1 Å². The molecule has 3 amide bonds. The summed E-state index contributed by atoms with van der Waals surface area (Å²) in [6.07, 6.45) is 9.23. The van der Waals surface area contributed by atoms with Crippen molar-refractivity contribution in [2.45, 2.75) is 90.4 Å². The first-order chi connectivity index (χ1) is 15.6. The Morgan fingerprint density at radius 3 is 2.33 bits per heavy atom. The number of nitrogens with one attached hydrogen (secondary N) is 2. The highest BCUT2D eigenvalue weighted by Crippen LogP contribution is 2.33. The minimum absolute atomic E-state index is 0.0744. The van der Waals surface area contributed by atoms with E-state index in [9.17, 15) is 14.4 Å². The predicted octanol–water partition coefficient (Wildman–Crippen LogP) is 3.92. The minimum atomic E-state index is -0.851. The Bertz CT molecular complexity index is 863. The molecule has 1 aliphatic rings. The summed E-state index contributed by atoms with van der Waals surface area (Å²) < 4.78 is 5.30. The molecule has 0 radical (unpaired) electrons. The molecule has 2 unspecified atom stereocenters. The van der Waals surface area contributed by atoms with Crippen molar-refractivity contribution >= 4 is 17.9 Å². The summed E-state index contributed by atoms with van der Waals surface area (Å²) in [5.41, 5.74) is 0.708. The van der Waals surface area contributed by atoms with Crippen LogP contribution in [0.5, 0.6) is 0 Å². The molecule has 1 saturated carbocycles. The normalized spacial score (nSPS) is 15.4. The van der Waals surface area contributed by atoms with E-state index in [1.165, 1.54) is 0 Å². The van der Waals surface area contributed by atoms with E-state index < -0.39 is 23.8 Å². The molecule has 1 fully saturated rings. The lowest BCUT2D eigenvalue weighted by molar-refractivity contribution is -0.147. The van der Waals surface area contributed by atoms with E-state index in [1.807, 2.05) is 0 Å². The molecule has 7 heteroatoms. The Morgan fingerprint density at radius 1 is 1.21 bits per heavy atom. The lowest BCUT2D eigenvalue weighted by atomic mass is 9.88. The van der Waals surface area contributed by atoms with Crippen molar-refractivity contribution in [2.24, 2.45) is 0 Å². The van der Waals surface area contributed by atoms with Gasteiger partial charge >= 0.3 is 6.09 Å². The largest absolute Gasteiger partial charge is 0.444 e. The molecule has 7 nitrogen and oxygen atoms in total. The van der Waals surface area contributed by atoms with Crippen molar-refractivity contribution in [1.82, 2.24) is 15.5 Å². The third kappa shape index (κ3) is 7.52. The van der Waals surface area contributed by atoms with E-state index in [4.69, 9.17) is 11.2 Å². The van der Waals surface area contributed by atoms with Crippen LogP contribution in [-0.2, 0) is 14.3 Å². The molecular formula is C26H37N3O4. The smallest absolute Gasteiger partial charge is 0.408 e. The van der Waals surface area contributed by atoms with E-state index in [0.29, 0.717) is 17.7 Å². The third-order valence-corrected chi connectivity index (χ3v) is 5.58. The first-order valence-corrected chi connectivity index (χ1v) is 11.7. The zero-order chi connectivity index (χ0) is 24.6. The predicted molar refractivity (Wildman–Crippen MR) is 128 cm³/mol. The van der Waals surface area contributed by atoms with Gasteiger partial charge in [0.1, 0.15) is 17.7 Å². The van der Waals surface area contributed by atoms with Crippen LogP contribution in [0.1, 0.15) is 83.9 Å². The Labute approximate surface area is 197 Å². The molecule has 0 spiro atoms. The molecule has 0 aliphatic heterocycles. The highest BCUT2D eigenvalue weighted by atomic mass is 16.6. The summed E-state index contributed by atoms with van der Waals surface area (Å²) in [5.74, 6) is 2.03. The number of alkyl carbamates (subject to hydrolysis) is 1. The highest BCUT2D eigenvalue weighted by Gasteiger charge is 2.40. The second-order valence-corrected chi connectivity index (χ2v) is 9.51. The van der Waals surface area contributed by atoms with Crippen LogP contribution in [0.2, 0.25) is 0 Å². The molecule has 0 aromatic heterocycles. The Hall–Kier alpha value is -3.01. The van der Waals surface area contributed by atoms with Gasteiger partial charge in [-0.1, -0.05) is 31.4 Å². The van der Waals surface area contributed by atoms with Crippen LogP contribution in [0.15, 0.2) is 24.3 Å². The number of hydrogen-bond acceptors (Lipinski definition) is 4. The molecule has 2 atom stereocenters. The Balaban J connectivity index is 2.34. The lowest BCUT2D eigenvalue weighted by Crippen LogP contribution is -2.56. The summed E-state index contributed by atoms with van der Waals surface area (Å²) >= 11 is 0. The molecule has 0 saturated heterocycles. The maximum atomic E-state index is 13.6. The van der Waals surface area contributed by atoms with E-state index in [2.05, 4.69) is 23.5 Å². The molecule has 180 valence electrons. The van der Waals surface area contributed by atoms with Gasteiger partial charge < -0.3 is 20.3 Å². The Kier molecular flexibility index (Phi) is 9.33. The van der Waals surface area contributed by atoms with Gasteiger partial charge in [0.2, 0.25) is 11.8 Å². The van der Waals surface area contributed by atoms with Crippen LogP contribution in [0, 0.1) is 12.3 Å². The van der Waals surface area contributed by atoms with Crippen molar-refractivity contribution in [2.75, 3.05) is 6.54 Å². The van der Waals surface area contributed by atoms with Gasteiger partial charge in [0.25, 0.3) is 0 Å². The molecule has 0 heterocycles. The molecule has 1 aromatic rings. The number of unbranched alkanes of at least 4 members (excludes halogenated alkanes) is 1. The summed E-state index contributed by atoms with van der Waals surface area (Å²) in [7, 11) is 0. The molecule has 1 aromatic carbocycles. The quantitative estimate of drug-likeness (QED) is 0.436. The number of terminal acetylenes is 1. The molecule has 1 aliphatic carbocycles. The van der Waals surface area contributed by atoms with E-state index in [-0.39, 0.29) is 17.9 Å². The number of carbonyl (C=O) groups is 3. The van der Waals surface area contributed by atoms with Crippen LogP contribution < -0.4 is 10.6 Å². The van der Waals surface area contributed by atoms with Gasteiger partial charge in [-0.25, -0.2) is 4.79 Å². The maximum Gasteiger partial charge on any atom is 0.408 e. The highest BCUT2D eigenvalue weighted by molar-refractivity contribution is 5.92. The van der Waals surface area contributed by atoms with Gasteiger partial charge in [-0.2, -0.15) is 0 Å². The zero-order valence-corrected chi connectivity index (χ0v) is 20.4. The van der Waals surface area contributed by atoms with Crippen LogP contribution in [-0.4, -0.2) is 47.0 Å².